The minimum absolute atomic E-state index is 0.000837. The molecule has 0 radical (unpaired) electrons. The number of nitrogens with zero attached hydrogens (tertiary/aromatic N) is 1. The lowest BCUT2D eigenvalue weighted by molar-refractivity contribution is -0.116. The van der Waals surface area contributed by atoms with Gasteiger partial charge in [0.1, 0.15) is 10.6 Å². The predicted octanol–water partition coefficient (Wildman–Crippen LogP) is 1.32. The molecular formula is C21H27N3O7S2. The lowest BCUT2D eigenvalue weighted by Crippen LogP contribution is -2.40. The second-order valence-corrected chi connectivity index (χ2v) is 10.8. The lowest BCUT2D eigenvalue weighted by atomic mass is 10.1. The summed E-state index contributed by atoms with van der Waals surface area (Å²) in [6.45, 7) is 3.18. The van der Waals surface area contributed by atoms with Crippen LogP contribution in [0.5, 0.6) is 5.75 Å². The molecule has 0 spiro atoms. The lowest BCUT2D eigenvalue weighted by Gasteiger charge is -2.27. The van der Waals surface area contributed by atoms with E-state index in [2.05, 4.69) is 5.32 Å². The fourth-order valence-electron chi connectivity index (χ4n) is 3.32. The standard InChI is InChI=1S/C21H27N3O7S2/c1-2-31-19-9-6-17(15-20(19)33(28,29)24-11-13-30-14-12-24)23-21(25)10-5-16-3-7-18(8-4-16)32(22,26)27/h3-4,6-9,15H,2,5,10-14H2,1H3,(H,23,25)(H2,22,26,27). The molecular weight excluding hydrogens is 470 g/mol. The topological polar surface area (TPSA) is 145 Å². The Morgan fingerprint density at radius 1 is 1.09 bits per heavy atom. The van der Waals surface area contributed by atoms with E-state index in [0.717, 1.165) is 5.56 Å². The quantitative estimate of drug-likeness (QED) is 0.531. The number of benzene rings is 2. The van der Waals surface area contributed by atoms with Crippen LogP contribution < -0.4 is 15.2 Å². The molecule has 1 aliphatic heterocycles. The van der Waals surface area contributed by atoms with Crippen LogP contribution in [0.25, 0.3) is 0 Å². The zero-order valence-corrected chi connectivity index (χ0v) is 19.8. The fraction of sp³-hybridized carbons (Fsp3) is 0.381. The van der Waals surface area contributed by atoms with Crippen LogP contribution in [0.3, 0.4) is 0 Å². The molecule has 1 fully saturated rings. The van der Waals surface area contributed by atoms with Gasteiger partial charge in [-0.15, -0.1) is 0 Å². The van der Waals surface area contributed by atoms with Crippen molar-refractivity contribution in [2.24, 2.45) is 5.14 Å². The summed E-state index contributed by atoms with van der Waals surface area (Å²) in [5, 5.41) is 7.80. The van der Waals surface area contributed by atoms with Gasteiger partial charge in [0.2, 0.25) is 26.0 Å². The largest absolute Gasteiger partial charge is 0.492 e. The number of hydrogen-bond acceptors (Lipinski definition) is 7. The first kappa shape index (κ1) is 25.1. The Kier molecular flexibility index (Phi) is 8.08. The highest BCUT2D eigenvalue weighted by molar-refractivity contribution is 7.89. The molecule has 10 nitrogen and oxygen atoms in total. The highest BCUT2D eigenvalue weighted by atomic mass is 32.2. The maximum Gasteiger partial charge on any atom is 0.246 e. The van der Waals surface area contributed by atoms with E-state index in [1.54, 1.807) is 25.1 Å². The molecule has 1 saturated heterocycles. The third-order valence-electron chi connectivity index (χ3n) is 5.01. The highest BCUT2D eigenvalue weighted by Crippen LogP contribution is 2.30. The maximum absolute atomic E-state index is 13.2. The Morgan fingerprint density at radius 2 is 1.76 bits per heavy atom. The van der Waals surface area contributed by atoms with Crippen LogP contribution in [0, 0.1) is 0 Å². The van der Waals surface area contributed by atoms with E-state index in [1.807, 2.05) is 0 Å². The van der Waals surface area contributed by atoms with Crippen molar-refractivity contribution in [3.63, 3.8) is 0 Å². The molecule has 33 heavy (non-hydrogen) atoms. The summed E-state index contributed by atoms with van der Waals surface area (Å²) in [6.07, 6.45) is 0.486. The van der Waals surface area contributed by atoms with E-state index < -0.39 is 20.0 Å². The third-order valence-corrected chi connectivity index (χ3v) is 7.86. The smallest absolute Gasteiger partial charge is 0.246 e. The number of sulfonamides is 2. The summed E-state index contributed by atoms with van der Waals surface area (Å²) in [5.41, 5.74) is 1.10. The van der Waals surface area contributed by atoms with Crippen molar-refractivity contribution < 1.29 is 31.1 Å². The molecule has 0 unspecified atom stereocenters. The number of carbonyl (C=O) groups is 1. The van der Waals surface area contributed by atoms with Crippen molar-refractivity contribution in [1.82, 2.24) is 4.31 Å². The Labute approximate surface area is 193 Å². The molecule has 3 rings (SSSR count). The number of carbonyl (C=O) groups excluding carboxylic acids is 1. The number of morpholine rings is 1. The van der Waals surface area contributed by atoms with Crippen LogP contribution in [0.15, 0.2) is 52.3 Å². The van der Waals surface area contributed by atoms with Crippen molar-refractivity contribution in [2.75, 3.05) is 38.2 Å². The van der Waals surface area contributed by atoms with Gasteiger partial charge in [0.15, 0.2) is 0 Å². The third kappa shape index (κ3) is 6.51. The molecule has 180 valence electrons. The molecule has 0 saturated carbocycles. The number of anilines is 1. The number of hydrogen-bond donors (Lipinski definition) is 2. The van der Waals surface area contributed by atoms with Crippen molar-refractivity contribution in [1.29, 1.82) is 0 Å². The number of primary sulfonamides is 1. The molecule has 3 N–H and O–H groups in total. The first-order chi connectivity index (χ1) is 15.6. The average molecular weight is 498 g/mol. The van der Waals surface area contributed by atoms with Crippen LogP contribution in [-0.2, 0) is 36.0 Å². The number of nitrogens with one attached hydrogen (secondary N) is 1. The van der Waals surface area contributed by atoms with E-state index in [-0.39, 0.29) is 41.0 Å². The van der Waals surface area contributed by atoms with Crippen LogP contribution in [0.1, 0.15) is 18.9 Å². The second kappa shape index (κ2) is 10.6. The van der Waals surface area contributed by atoms with Crippen molar-refractivity contribution in [3.8, 4) is 5.75 Å². The van der Waals surface area contributed by atoms with Gasteiger partial charge >= 0.3 is 0 Å². The molecule has 0 bridgehead atoms. The monoisotopic (exact) mass is 497 g/mol. The number of aryl methyl sites for hydroxylation is 1. The summed E-state index contributed by atoms with van der Waals surface area (Å²) < 4.78 is 61.1. The summed E-state index contributed by atoms with van der Waals surface area (Å²) in [6, 6.07) is 10.5. The molecule has 2 aromatic rings. The second-order valence-electron chi connectivity index (χ2n) is 7.35. The van der Waals surface area contributed by atoms with Crippen molar-refractivity contribution >= 4 is 31.6 Å². The molecule has 1 amide bonds. The molecule has 1 aliphatic rings. The van der Waals surface area contributed by atoms with Gasteiger partial charge in [-0.25, -0.2) is 22.0 Å². The SMILES string of the molecule is CCOc1ccc(NC(=O)CCc2ccc(S(N)(=O)=O)cc2)cc1S(=O)(=O)N1CCOCC1. The van der Waals surface area contributed by atoms with Crippen LogP contribution in [0.2, 0.25) is 0 Å². The van der Waals surface area contributed by atoms with Gasteiger partial charge in [0.25, 0.3) is 0 Å². The van der Waals surface area contributed by atoms with E-state index in [1.165, 1.54) is 28.6 Å². The first-order valence-electron chi connectivity index (χ1n) is 10.4. The average Bonchev–Trinajstić information content (AvgIpc) is 2.79. The normalized spacial score (nSPS) is 15.2. The van der Waals surface area contributed by atoms with Crippen molar-refractivity contribution in [3.05, 3.63) is 48.0 Å². The molecule has 2 aromatic carbocycles. The number of rotatable bonds is 9. The van der Waals surface area contributed by atoms with Gasteiger partial charge in [-0.2, -0.15) is 4.31 Å². The Bertz CT molecular complexity index is 1190. The minimum Gasteiger partial charge on any atom is -0.492 e. The molecule has 12 heteroatoms. The van der Waals surface area contributed by atoms with E-state index in [0.29, 0.717) is 31.9 Å². The van der Waals surface area contributed by atoms with E-state index >= 15 is 0 Å². The van der Waals surface area contributed by atoms with Crippen LogP contribution in [-0.4, -0.2) is 60.0 Å². The van der Waals surface area contributed by atoms with E-state index in [9.17, 15) is 21.6 Å². The molecule has 0 atom stereocenters. The summed E-state index contributed by atoms with van der Waals surface area (Å²) in [4.78, 5) is 12.4. The van der Waals surface area contributed by atoms with Crippen molar-refractivity contribution in [2.45, 2.75) is 29.6 Å². The number of amides is 1. The number of nitrogens with two attached hydrogens (primary N) is 1. The van der Waals surface area contributed by atoms with E-state index in [4.69, 9.17) is 14.6 Å². The molecule has 0 aliphatic carbocycles. The Balaban J connectivity index is 1.71. The molecule has 1 heterocycles. The maximum atomic E-state index is 13.2. The van der Waals surface area contributed by atoms with Gasteiger partial charge in [-0.1, -0.05) is 12.1 Å². The first-order valence-corrected chi connectivity index (χ1v) is 13.4. The van der Waals surface area contributed by atoms with Crippen LogP contribution in [0.4, 0.5) is 5.69 Å². The number of ether oxygens (including phenoxy) is 2. The highest BCUT2D eigenvalue weighted by Gasteiger charge is 2.29. The van der Waals surface area contributed by atoms with Gasteiger partial charge in [0, 0.05) is 25.2 Å². The summed E-state index contributed by atoms with van der Waals surface area (Å²) >= 11 is 0. The van der Waals surface area contributed by atoms with Gasteiger partial charge in [0.05, 0.1) is 24.7 Å². The fourth-order valence-corrected chi connectivity index (χ4v) is 5.40. The predicted molar refractivity (Wildman–Crippen MR) is 122 cm³/mol. The summed E-state index contributed by atoms with van der Waals surface area (Å²) in [5.74, 6) is -0.0960. The Hall–Kier alpha value is -2.51. The van der Waals surface area contributed by atoms with Gasteiger partial charge < -0.3 is 14.8 Å². The zero-order chi connectivity index (χ0) is 24.1. The summed E-state index contributed by atoms with van der Waals surface area (Å²) in [7, 11) is -7.60. The minimum atomic E-state index is -3.83. The Morgan fingerprint density at radius 3 is 2.36 bits per heavy atom. The van der Waals surface area contributed by atoms with Crippen LogP contribution >= 0.6 is 0 Å². The van der Waals surface area contributed by atoms with Gasteiger partial charge in [-0.05, 0) is 49.2 Å². The van der Waals surface area contributed by atoms with Gasteiger partial charge in [-0.3, -0.25) is 4.79 Å². The molecule has 0 aromatic heterocycles. The zero-order valence-electron chi connectivity index (χ0n) is 18.2.